The highest BCUT2D eigenvalue weighted by molar-refractivity contribution is 7.93. The van der Waals surface area contributed by atoms with Gasteiger partial charge in [-0.25, -0.2) is 8.42 Å². The summed E-state index contributed by atoms with van der Waals surface area (Å²) in [5.74, 6) is 1.16. The number of nitrogens with one attached hydrogen (secondary N) is 1. The highest BCUT2D eigenvalue weighted by atomic mass is 35.5. The van der Waals surface area contributed by atoms with Crippen molar-refractivity contribution in [2.45, 2.75) is 6.42 Å². The number of hydrogen-bond donors (Lipinski definition) is 1. The molecule has 0 saturated heterocycles. The van der Waals surface area contributed by atoms with E-state index >= 15 is 0 Å². The number of halogens is 1. The molecule has 1 heterocycles. The fourth-order valence-corrected chi connectivity index (χ4v) is 2.14. The molecule has 1 N–H and O–H groups in total. The zero-order valence-corrected chi connectivity index (χ0v) is 10.6. The molecule has 2 rings (SSSR count). The van der Waals surface area contributed by atoms with Crippen molar-refractivity contribution in [3.05, 3.63) is 18.2 Å². The van der Waals surface area contributed by atoms with Crippen LogP contribution in [0, 0.1) is 0 Å². The van der Waals surface area contributed by atoms with Gasteiger partial charge in [-0.05, 0) is 12.1 Å². The van der Waals surface area contributed by atoms with Gasteiger partial charge in [-0.2, -0.15) is 0 Å². The van der Waals surface area contributed by atoms with Gasteiger partial charge in [0, 0.05) is 12.5 Å². The Labute approximate surface area is 105 Å². The molecule has 1 aliphatic rings. The molecule has 5 nitrogen and oxygen atoms in total. The summed E-state index contributed by atoms with van der Waals surface area (Å²) in [7, 11) is -3.49. The van der Waals surface area contributed by atoms with Crippen molar-refractivity contribution >= 4 is 27.3 Å². The summed E-state index contributed by atoms with van der Waals surface area (Å²) < 4.78 is 35.8. The molecule has 1 aliphatic heterocycles. The maximum Gasteiger partial charge on any atom is 0.246 e. The minimum absolute atomic E-state index is 0.412. The van der Waals surface area contributed by atoms with Gasteiger partial charge in [0.1, 0.15) is 5.21 Å². The lowest BCUT2D eigenvalue weighted by Crippen LogP contribution is -2.13. The van der Waals surface area contributed by atoms with Crippen LogP contribution in [0.1, 0.15) is 6.42 Å². The largest absolute Gasteiger partial charge is 0.490 e. The first kappa shape index (κ1) is 12.3. The van der Waals surface area contributed by atoms with Crippen LogP contribution in [0.15, 0.2) is 18.2 Å². The van der Waals surface area contributed by atoms with Gasteiger partial charge in [0.15, 0.2) is 11.5 Å². The van der Waals surface area contributed by atoms with Crippen LogP contribution in [0.25, 0.3) is 0 Å². The van der Waals surface area contributed by atoms with E-state index in [0.29, 0.717) is 30.4 Å². The summed E-state index contributed by atoms with van der Waals surface area (Å²) in [6.07, 6.45) is 0.803. The maximum atomic E-state index is 11.3. The zero-order valence-electron chi connectivity index (χ0n) is 8.98. The Morgan fingerprint density at radius 1 is 1.24 bits per heavy atom. The molecule has 0 bridgehead atoms. The molecule has 17 heavy (non-hydrogen) atoms. The Morgan fingerprint density at radius 3 is 2.65 bits per heavy atom. The Hall–Kier alpha value is -1.14. The van der Waals surface area contributed by atoms with Crippen LogP contribution >= 0.6 is 11.6 Å². The molecule has 94 valence electrons. The number of alkyl halides is 1. The molecule has 0 radical (unpaired) electrons. The number of sulfonamides is 1. The third-order valence-corrected chi connectivity index (χ3v) is 3.86. The molecule has 0 unspecified atom stereocenters. The molecule has 0 saturated carbocycles. The molecule has 1 aromatic rings. The van der Waals surface area contributed by atoms with Crippen molar-refractivity contribution < 1.29 is 17.9 Å². The zero-order chi connectivity index (χ0) is 12.3. The van der Waals surface area contributed by atoms with E-state index in [1.54, 1.807) is 18.2 Å². The van der Waals surface area contributed by atoms with E-state index in [9.17, 15) is 8.42 Å². The fourth-order valence-electron chi connectivity index (χ4n) is 1.43. The molecule has 0 fully saturated rings. The summed E-state index contributed by atoms with van der Waals surface area (Å²) in [4.78, 5) is 0. The number of anilines is 1. The predicted molar refractivity (Wildman–Crippen MR) is 65.3 cm³/mol. The molecule has 0 aromatic heterocycles. The van der Waals surface area contributed by atoms with E-state index in [1.165, 1.54) is 0 Å². The first-order chi connectivity index (χ1) is 8.11. The standard InChI is InChI=1S/C10H12ClNO4S/c11-7-17(13,14)12-8-2-3-9-10(6-8)16-5-1-4-15-9/h2-3,6,12H,1,4-5,7H2. The van der Waals surface area contributed by atoms with Crippen molar-refractivity contribution in [2.24, 2.45) is 0 Å². The molecular weight excluding hydrogens is 266 g/mol. The summed E-state index contributed by atoms with van der Waals surface area (Å²) in [6.45, 7) is 1.15. The molecule has 0 spiro atoms. The lowest BCUT2D eigenvalue weighted by Gasteiger charge is -2.10. The monoisotopic (exact) mass is 277 g/mol. The normalized spacial score (nSPS) is 15.1. The lowest BCUT2D eigenvalue weighted by atomic mass is 10.3. The second-order valence-corrected chi connectivity index (χ2v) is 5.84. The quantitative estimate of drug-likeness (QED) is 0.856. The van der Waals surface area contributed by atoms with Gasteiger partial charge in [-0.15, -0.1) is 11.6 Å². The average Bonchev–Trinajstić information content (AvgIpc) is 2.53. The van der Waals surface area contributed by atoms with Crippen molar-refractivity contribution in [3.63, 3.8) is 0 Å². The minimum Gasteiger partial charge on any atom is -0.490 e. The summed E-state index contributed by atoms with van der Waals surface area (Å²) in [6, 6.07) is 4.87. The Bertz CT molecular complexity index is 503. The highest BCUT2D eigenvalue weighted by Crippen LogP contribution is 2.32. The van der Waals surface area contributed by atoms with Crippen LogP contribution in [0.4, 0.5) is 5.69 Å². The Kier molecular flexibility index (Phi) is 3.63. The van der Waals surface area contributed by atoms with Crippen LogP contribution in [-0.4, -0.2) is 26.8 Å². The van der Waals surface area contributed by atoms with Gasteiger partial charge < -0.3 is 9.47 Å². The highest BCUT2D eigenvalue weighted by Gasteiger charge is 2.13. The van der Waals surface area contributed by atoms with Gasteiger partial charge in [0.05, 0.1) is 18.9 Å². The number of rotatable bonds is 3. The predicted octanol–water partition coefficient (Wildman–Crippen LogP) is 1.79. The Morgan fingerprint density at radius 2 is 1.94 bits per heavy atom. The first-order valence-corrected chi connectivity index (χ1v) is 7.25. The second-order valence-electron chi connectivity index (χ2n) is 3.54. The van der Waals surface area contributed by atoms with Crippen LogP contribution in [-0.2, 0) is 10.0 Å². The van der Waals surface area contributed by atoms with E-state index in [-0.39, 0.29) is 0 Å². The molecule has 0 atom stereocenters. The number of hydrogen-bond acceptors (Lipinski definition) is 4. The SMILES string of the molecule is O=S(=O)(CCl)Nc1ccc2c(c1)OCCCO2. The van der Waals surface area contributed by atoms with Gasteiger partial charge in [0.25, 0.3) is 0 Å². The summed E-state index contributed by atoms with van der Waals surface area (Å²) >= 11 is 5.31. The van der Waals surface area contributed by atoms with Crippen LogP contribution in [0.3, 0.4) is 0 Å². The van der Waals surface area contributed by atoms with Crippen molar-refractivity contribution in [1.82, 2.24) is 0 Å². The Balaban J connectivity index is 2.24. The van der Waals surface area contributed by atoms with Crippen LogP contribution in [0.5, 0.6) is 11.5 Å². The van der Waals surface area contributed by atoms with E-state index < -0.39 is 15.2 Å². The third kappa shape index (κ3) is 3.17. The minimum atomic E-state index is -3.49. The topological polar surface area (TPSA) is 64.6 Å². The molecule has 1 aromatic carbocycles. The number of ether oxygens (including phenoxy) is 2. The third-order valence-electron chi connectivity index (χ3n) is 2.16. The van der Waals surface area contributed by atoms with E-state index in [0.717, 1.165) is 6.42 Å². The van der Waals surface area contributed by atoms with E-state index in [4.69, 9.17) is 21.1 Å². The first-order valence-electron chi connectivity index (χ1n) is 5.07. The van der Waals surface area contributed by atoms with Gasteiger partial charge >= 0.3 is 0 Å². The van der Waals surface area contributed by atoms with Gasteiger partial charge in [-0.1, -0.05) is 0 Å². The smallest absolute Gasteiger partial charge is 0.246 e. The molecule has 0 aliphatic carbocycles. The van der Waals surface area contributed by atoms with E-state index in [2.05, 4.69) is 4.72 Å². The maximum absolute atomic E-state index is 11.3. The second kappa shape index (κ2) is 5.01. The van der Waals surface area contributed by atoms with Crippen molar-refractivity contribution in [3.8, 4) is 11.5 Å². The van der Waals surface area contributed by atoms with Crippen molar-refractivity contribution in [2.75, 3.05) is 23.1 Å². The molecular formula is C10H12ClNO4S. The van der Waals surface area contributed by atoms with Crippen LogP contribution in [0.2, 0.25) is 0 Å². The molecule has 0 amide bonds. The lowest BCUT2D eigenvalue weighted by molar-refractivity contribution is 0.297. The van der Waals surface area contributed by atoms with Gasteiger partial charge in [-0.3, -0.25) is 4.72 Å². The van der Waals surface area contributed by atoms with Gasteiger partial charge in [0.2, 0.25) is 10.0 Å². The van der Waals surface area contributed by atoms with Crippen LogP contribution < -0.4 is 14.2 Å². The number of fused-ring (bicyclic) bond motifs is 1. The van der Waals surface area contributed by atoms with E-state index in [1.807, 2.05) is 0 Å². The average molecular weight is 278 g/mol. The van der Waals surface area contributed by atoms with Crippen molar-refractivity contribution in [1.29, 1.82) is 0 Å². The summed E-state index contributed by atoms with van der Waals surface area (Å²) in [5, 5.41) is -0.485. The molecule has 7 heteroatoms. The number of benzene rings is 1. The summed E-state index contributed by atoms with van der Waals surface area (Å²) in [5.41, 5.74) is 0.412. The fraction of sp³-hybridized carbons (Fsp3) is 0.400.